The summed E-state index contributed by atoms with van der Waals surface area (Å²) in [5.41, 5.74) is 0.804. The Hall–Kier alpha value is -1.51. The Morgan fingerprint density at radius 2 is 1.78 bits per heavy atom. The fourth-order valence-electron chi connectivity index (χ4n) is 1.73. The van der Waals surface area contributed by atoms with Gasteiger partial charge in [-0.1, -0.05) is 32.6 Å². The van der Waals surface area contributed by atoms with Crippen LogP contribution >= 0.6 is 0 Å². The summed E-state index contributed by atoms with van der Waals surface area (Å²) in [5, 5.41) is 2.73. The maximum absolute atomic E-state index is 10.9. The third kappa shape index (κ3) is 6.28. The normalized spacial score (nSPS) is 10.1. The van der Waals surface area contributed by atoms with E-state index in [0.717, 1.165) is 24.5 Å². The molecule has 0 fully saturated rings. The number of nitrogens with one attached hydrogen (secondary N) is 1. The average Bonchev–Trinajstić information content (AvgIpc) is 2.35. The first-order valence-electron chi connectivity index (χ1n) is 6.73. The maximum Gasteiger partial charge on any atom is 0.221 e. The Kier molecular flexibility index (Phi) is 6.92. The molecule has 18 heavy (non-hydrogen) atoms. The zero-order valence-corrected chi connectivity index (χ0v) is 11.4. The van der Waals surface area contributed by atoms with Crippen LogP contribution < -0.4 is 10.1 Å². The molecule has 1 aromatic carbocycles. The van der Waals surface area contributed by atoms with Crippen LogP contribution in [-0.4, -0.2) is 12.5 Å². The Balaban J connectivity index is 2.20. The second kappa shape index (κ2) is 8.56. The molecule has 0 radical (unpaired) electrons. The van der Waals surface area contributed by atoms with Gasteiger partial charge >= 0.3 is 0 Å². The van der Waals surface area contributed by atoms with Crippen LogP contribution in [0.1, 0.15) is 46.0 Å². The van der Waals surface area contributed by atoms with Crippen LogP contribution in [0.3, 0.4) is 0 Å². The van der Waals surface area contributed by atoms with Gasteiger partial charge in [0.15, 0.2) is 0 Å². The molecule has 0 saturated carbocycles. The summed E-state index contributed by atoms with van der Waals surface area (Å²) >= 11 is 0. The minimum atomic E-state index is -0.0559. The van der Waals surface area contributed by atoms with E-state index in [4.69, 9.17) is 4.74 Å². The van der Waals surface area contributed by atoms with Gasteiger partial charge in [0.05, 0.1) is 6.61 Å². The van der Waals surface area contributed by atoms with Crippen LogP contribution in [-0.2, 0) is 4.79 Å². The maximum atomic E-state index is 10.9. The van der Waals surface area contributed by atoms with Crippen molar-refractivity contribution in [2.45, 2.75) is 46.0 Å². The number of benzene rings is 1. The molecule has 0 heterocycles. The molecule has 1 amide bonds. The lowest BCUT2D eigenvalue weighted by Crippen LogP contribution is -2.05. The standard InChI is InChI=1S/C15H23NO2/c1-3-4-5-6-7-12-18-15-10-8-14(9-11-15)16-13(2)17/h8-11H,3-7,12H2,1-2H3,(H,16,17). The molecule has 3 heteroatoms. The predicted molar refractivity (Wildman–Crippen MR) is 75.0 cm³/mol. The van der Waals surface area contributed by atoms with Crippen LogP contribution in [0, 0.1) is 0 Å². The average molecular weight is 249 g/mol. The first-order valence-corrected chi connectivity index (χ1v) is 6.73. The van der Waals surface area contributed by atoms with Crippen molar-refractivity contribution in [1.29, 1.82) is 0 Å². The van der Waals surface area contributed by atoms with Crippen molar-refractivity contribution in [3.63, 3.8) is 0 Å². The van der Waals surface area contributed by atoms with E-state index in [1.807, 2.05) is 24.3 Å². The highest BCUT2D eigenvalue weighted by molar-refractivity contribution is 5.88. The molecule has 0 spiro atoms. The van der Waals surface area contributed by atoms with Gasteiger partial charge in [-0.2, -0.15) is 0 Å². The van der Waals surface area contributed by atoms with Crippen LogP contribution in [0.5, 0.6) is 5.75 Å². The molecule has 0 atom stereocenters. The molecule has 3 nitrogen and oxygen atoms in total. The van der Waals surface area contributed by atoms with Gasteiger partial charge in [-0.3, -0.25) is 4.79 Å². The van der Waals surface area contributed by atoms with E-state index < -0.39 is 0 Å². The van der Waals surface area contributed by atoms with Crippen LogP contribution in [0.15, 0.2) is 24.3 Å². The molecule has 0 aliphatic heterocycles. The number of hydrogen-bond acceptors (Lipinski definition) is 2. The van der Waals surface area contributed by atoms with Crippen LogP contribution in [0.25, 0.3) is 0 Å². The monoisotopic (exact) mass is 249 g/mol. The topological polar surface area (TPSA) is 38.3 Å². The zero-order valence-electron chi connectivity index (χ0n) is 11.4. The zero-order chi connectivity index (χ0) is 13.2. The van der Waals surface area contributed by atoms with Crippen molar-refractivity contribution < 1.29 is 9.53 Å². The highest BCUT2D eigenvalue weighted by atomic mass is 16.5. The van der Waals surface area contributed by atoms with Gasteiger partial charge in [-0.05, 0) is 30.7 Å². The molecule has 0 saturated heterocycles. The van der Waals surface area contributed by atoms with Crippen molar-refractivity contribution in [1.82, 2.24) is 0 Å². The Morgan fingerprint density at radius 3 is 2.39 bits per heavy atom. The number of unbranched alkanes of at least 4 members (excludes halogenated alkanes) is 4. The van der Waals surface area contributed by atoms with E-state index in [1.165, 1.54) is 32.6 Å². The van der Waals surface area contributed by atoms with Gasteiger partial charge in [-0.15, -0.1) is 0 Å². The van der Waals surface area contributed by atoms with Gasteiger partial charge in [0, 0.05) is 12.6 Å². The predicted octanol–water partition coefficient (Wildman–Crippen LogP) is 3.99. The summed E-state index contributed by atoms with van der Waals surface area (Å²) in [4.78, 5) is 10.9. The third-order valence-electron chi connectivity index (χ3n) is 2.69. The molecule has 0 bridgehead atoms. The van der Waals surface area contributed by atoms with Crippen molar-refractivity contribution in [2.24, 2.45) is 0 Å². The largest absolute Gasteiger partial charge is 0.494 e. The molecule has 100 valence electrons. The summed E-state index contributed by atoms with van der Waals surface area (Å²) in [7, 11) is 0. The van der Waals surface area contributed by atoms with E-state index in [-0.39, 0.29) is 5.91 Å². The molecule has 1 rings (SSSR count). The first kappa shape index (κ1) is 14.6. The Bertz CT molecular complexity index is 346. The van der Waals surface area contributed by atoms with Gasteiger partial charge < -0.3 is 10.1 Å². The van der Waals surface area contributed by atoms with Crippen molar-refractivity contribution in [3.8, 4) is 5.75 Å². The number of hydrogen-bond donors (Lipinski definition) is 1. The fraction of sp³-hybridized carbons (Fsp3) is 0.533. The molecular weight excluding hydrogens is 226 g/mol. The second-order valence-electron chi connectivity index (χ2n) is 4.47. The number of carbonyl (C=O) groups is 1. The summed E-state index contributed by atoms with van der Waals surface area (Å²) in [5.74, 6) is 0.805. The lowest BCUT2D eigenvalue weighted by Gasteiger charge is -2.07. The van der Waals surface area contributed by atoms with Gasteiger partial charge in [-0.25, -0.2) is 0 Å². The molecule has 0 aliphatic rings. The number of rotatable bonds is 8. The number of carbonyl (C=O) groups excluding carboxylic acids is 1. The molecule has 1 N–H and O–H groups in total. The van der Waals surface area contributed by atoms with E-state index >= 15 is 0 Å². The number of amides is 1. The van der Waals surface area contributed by atoms with Crippen molar-refractivity contribution >= 4 is 11.6 Å². The van der Waals surface area contributed by atoms with E-state index in [9.17, 15) is 4.79 Å². The lowest BCUT2D eigenvalue weighted by molar-refractivity contribution is -0.114. The Labute approximate surface area is 110 Å². The molecule has 0 aliphatic carbocycles. The van der Waals surface area contributed by atoms with E-state index in [1.54, 1.807) is 0 Å². The van der Waals surface area contributed by atoms with Crippen LogP contribution in [0.4, 0.5) is 5.69 Å². The summed E-state index contributed by atoms with van der Waals surface area (Å²) in [6.45, 7) is 4.48. The smallest absolute Gasteiger partial charge is 0.221 e. The second-order valence-corrected chi connectivity index (χ2v) is 4.47. The summed E-state index contributed by atoms with van der Waals surface area (Å²) in [6, 6.07) is 7.48. The molecule has 0 aromatic heterocycles. The van der Waals surface area contributed by atoms with E-state index in [0.29, 0.717) is 0 Å². The SMILES string of the molecule is CCCCCCCOc1ccc(NC(C)=O)cc1. The number of ether oxygens (including phenoxy) is 1. The van der Waals surface area contributed by atoms with Gasteiger partial charge in [0.1, 0.15) is 5.75 Å². The first-order chi connectivity index (χ1) is 8.72. The summed E-state index contributed by atoms with van der Waals surface area (Å²) < 4.78 is 5.63. The lowest BCUT2D eigenvalue weighted by atomic mass is 10.2. The van der Waals surface area contributed by atoms with Crippen LogP contribution in [0.2, 0.25) is 0 Å². The Morgan fingerprint density at radius 1 is 1.11 bits per heavy atom. The molecule has 1 aromatic rings. The highest BCUT2D eigenvalue weighted by Gasteiger charge is 1.97. The third-order valence-corrected chi connectivity index (χ3v) is 2.69. The van der Waals surface area contributed by atoms with Gasteiger partial charge in [0.25, 0.3) is 0 Å². The number of anilines is 1. The minimum absolute atomic E-state index is 0.0559. The summed E-state index contributed by atoms with van der Waals surface area (Å²) in [6.07, 6.45) is 6.21. The van der Waals surface area contributed by atoms with Crippen molar-refractivity contribution in [2.75, 3.05) is 11.9 Å². The highest BCUT2D eigenvalue weighted by Crippen LogP contribution is 2.16. The molecular formula is C15H23NO2. The molecule has 0 unspecified atom stereocenters. The van der Waals surface area contributed by atoms with E-state index in [2.05, 4.69) is 12.2 Å². The fourth-order valence-corrected chi connectivity index (χ4v) is 1.73. The minimum Gasteiger partial charge on any atom is -0.494 e. The van der Waals surface area contributed by atoms with Gasteiger partial charge in [0.2, 0.25) is 5.91 Å². The van der Waals surface area contributed by atoms with Crippen molar-refractivity contribution in [3.05, 3.63) is 24.3 Å². The quantitative estimate of drug-likeness (QED) is 0.707.